The van der Waals surface area contributed by atoms with Crippen LogP contribution >= 0.6 is 35.0 Å². The van der Waals surface area contributed by atoms with Crippen LogP contribution in [0.3, 0.4) is 0 Å². The van der Waals surface area contributed by atoms with Crippen LogP contribution in [0, 0.1) is 19.7 Å². The first-order valence-corrected chi connectivity index (χ1v) is 8.25. The van der Waals surface area contributed by atoms with Crippen LogP contribution in [0.2, 0.25) is 10.0 Å². The molecular weight excluding hydrogens is 344 g/mol. The summed E-state index contributed by atoms with van der Waals surface area (Å²) in [6, 6.07) is 8.12. The van der Waals surface area contributed by atoms with E-state index >= 15 is 0 Å². The molecule has 0 atom stereocenters. The lowest BCUT2D eigenvalue weighted by atomic mass is 10.1. The fourth-order valence-electron chi connectivity index (χ4n) is 1.97. The molecule has 0 radical (unpaired) electrons. The lowest BCUT2D eigenvalue weighted by molar-refractivity contribution is -0.113. The van der Waals surface area contributed by atoms with Crippen molar-refractivity contribution in [3.05, 3.63) is 57.3 Å². The van der Waals surface area contributed by atoms with E-state index in [1.54, 1.807) is 12.1 Å². The molecule has 0 spiro atoms. The lowest BCUT2D eigenvalue weighted by Crippen LogP contribution is -2.15. The summed E-state index contributed by atoms with van der Waals surface area (Å²) in [7, 11) is 0. The summed E-state index contributed by atoms with van der Waals surface area (Å²) in [5.41, 5.74) is 2.57. The van der Waals surface area contributed by atoms with Gasteiger partial charge in [0.05, 0.1) is 21.5 Å². The van der Waals surface area contributed by atoms with E-state index in [0.717, 1.165) is 16.0 Å². The number of amides is 1. The third-order valence-electron chi connectivity index (χ3n) is 2.96. The summed E-state index contributed by atoms with van der Waals surface area (Å²) in [6.45, 7) is 3.83. The van der Waals surface area contributed by atoms with Crippen LogP contribution in [0.1, 0.15) is 11.1 Å². The Morgan fingerprint density at radius 3 is 2.55 bits per heavy atom. The largest absolute Gasteiger partial charge is 0.324 e. The summed E-state index contributed by atoms with van der Waals surface area (Å²) in [5, 5.41) is 3.36. The highest BCUT2D eigenvalue weighted by Gasteiger charge is 2.10. The van der Waals surface area contributed by atoms with E-state index in [1.807, 2.05) is 19.9 Å². The van der Waals surface area contributed by atoms with Crippen molar-refractivity contribution in [2.24, 2.45) is 0 Å². The van der Waals surface area contributed by atoms with Gasteiger partial charge >= 0.3 is 0 Å². The van der Waals surface area contributed by atoms with E-state index in [1.165, 1.54) is 23.9 Å². The Morgan fingerprint density at radius 2 is 1.91 bits per heavy atom. The number of aryl methyl sites for hydroxylation is 2. The molecule has 0 unspecified atom stereocenters. The highest BCUT2D eigenvalue weighted by molar-refractivity contribution is 8.00. The summed E-state index contributed by atoms with van der Waals surface area (Å²) in [6.07, 6.45) is 0. The molecule has 0 bridgehead atoms. The number of halogens is 3. The van der Waals surface area contributed by atoms with Crippen molar-refractivity contribution in [3.63, 3.8) is 0 Å². The first-order valence-electron chi connectivity index (χ1n) is 6.51. The van der Waals surface area contributed by atoms with Crippen LogP contribution in [0.4, 0.5) is 10.1 Å². The molecule has 116 valence electrons. The van der Waals surface area contributed by atoms with Gasteiger partial charge in [-0.05, 0) is 49.2 Å². The minimum atomic E-state index is -0.475. The fourth-order valence-corrected chi connectivity index (χ4v) is 3.31. The van der Waals surface area contributed by atoms with Gasteiger partial charge in [-0.15, -0.1) is 11.8 Å². The molecule has 0 saturated carbocycles. The first kappa shape index (κ1) is 17.1. The predicted octanol–water partition coefficient (Wildman–Crippen LogP) is 5.48. The van der Waals surface area contributed by atoms with Crippen molar-refractivity contribution in [2.75, 3.05) is 11.1 Å². The Balaban J connectivity index is 2.00. The van der Waals surface area contributed by atoms with Gasteiger partial charge in [0, 0.05) is 4.90 Å². The fraction of sp³-hybridized carbons (Fsp3) is 0.188. The van der Waals surface area contributed by atoms with Crippen molar-refractivity contribution in [1.82, 2.24) is 0 Å². The molecule has 2 aromatic rings. The van der Waals surface area contributed by atoms with E-state index in [0.29, 0.717) is 10.7 Å². The number of carbonyl (C=O) groups excluding carboxylic acids is 1. The molecule has 0 aliphatic carbocycles. The molecule has 0 aliphatic heterocycles. The molecule has 2 aromatic carbocycles. The van der Waals surface area contributed by atoms with E-state index in [-0.39, 0.29) is 16.7 Å². The van der Waals surface area contributed by atoms with Gasteiger partial charge in [0.15, 0.2) is 0 Å². The van der Waals surface area contributed by atoms with Crippen molar-refractivity contribution in [1.29, 1.82) is 0 Å². The van der Waals surface area contributed by atoms with E-state index < -0.39 is 5.82 Å². The number of nitrogens with one attached hydrogen (secondary N) is 1. The summed E-state index contributed by atoms with van der Waals surface area (Å²) >= 11 is 13.1. The van der Waals surface area contributed by atoms with E-state index in [2.05, 4.69) is 5.32 Å². The summed E-state index contributed by atoms with van der Waals surface area (Å²) in [4.78, 5) is 12.8. The Morgan fingerprint density at radius 1 is 1.18 bits per heavy atom. The zero-order valence-electron chi connectivity index (χ0n) is 12.0. The average molecular weight is 358 g/mol. The van der Waals surface area contributed by atoms with Crippen molar-refractivity contribution >= 4 is 46.6 Å². The van der Waals surface area contributed by atoms with Gasteiger partial charge in [0.1, 0.15) is 5.82 Å². The van der Waals surface area contributed by atoms with Crippen LogP contribution in [0.5, 0.6) is 0 Å². The second-order valence-corrected chi connectivity index (χ2v) is 6.71. The zero-order valence-corrected chi connectivity index (χ0v) is 14.4. The highest BCUT2D eigenvalue weighted by Crippen LogP contribution is 2.28. The Labute approximate surface area is 143 Å². The van der Waals surface area contributed by atoms with Crippen molar-refractivity contribution < 1.29 is 9.18 Å². The first-order chi connectivity index (χ1) is 10.4. The molecular formula is C16H14Cl2FNOS. The number of hydrogen-bond donors (Lipinski definition) is 1. The second kappa shape index (κ2) is 7.36. The number of thioether (sulfide) groups is 1. The van der Waals surface area contributed by atoms with Crippen LogP contribution in [-0.4, -0.2) is 11.7 Å². The van der Waals surface area contributed by atoms with Crippen molar-refractivity contribution in [2.45, 2.75) is 18.7 Å². The van der Waals surface area contributed by atoms with Gasteiger partial charge in [-0.25, -0.2) is 4.39 Å². The molecule has 1 amide bonds. The van der Waals surface area contributed by atoms with E-state index in [9.17, 15) is 9.18 Å². The molecule has 6 heteroatoms. The number of hydrogen-bond acceptors (Lipinski definition) is 2. The van der Waals surface area contributed by atoms with Crippen LogP contribution < -0.4 is 5.32 Å². The molecule has 0 aliphatic rings. The SMILES string of the molecule is Cc1cc(C)c(NC(=O)CSc2ccc(F)c(Cl)c2)c(Cl)c1. The van der Waals surface area contributed by atoms with Crippen molar-refractivity contribution in [3.8, 4) is 0 Å². The molecule has 2 rings (SSSR count). The third kappa shape index (κ3) is 4.38. The minimum absolute atomic E-state index is 0.0443. The van der Waals surface area contributed by atoms with Gasteiger partial charge in [0.25, 0.3) is 0 Å². The highest BCUT2D eigenvalue weighted by atomic mass is 35.5. The monoisotopic (exact) mass is 357 g/mol. The molecule has 0 heterocycles. The Bertz CT molecular complexity index is 698. The maximum atomic E-state index is 13.1. The normalized spacial score (nSPS) is 10.6. The van der Waals surface area contributed by atoms with Gasteiger partial charge in [-0.2, -0.15) is 0 Å². The molecule has 0 fully saturated rings. The number of rotatable bonds is 4. The summed E-state index contributed by atoms with van der Waals surface area (Å²) in [5.74, 6) is -0.470. The van der Waals surface area contributed by atoms with Gasteiger partial charge in [0.2, 0.25) is 5.91 Å². The average Bonchev–Trinajstić information content (AvgIpc) is 2.44. The standard InChI is InChI=1S/C16H14Cl2FNOS/c1-9-5-10(2)16(13(18)6-9)20-15(21)8-22-11-3-4-14(19)12(17)7-11/h3-7H,8H2,1-2H3,(H,20,21). The third-order valence-corrected chi connectivity index (χ3v) is 4.54. The number of carbonyl (C=O) groups is 1. The number of anilines is 1. The minimum Gasteiger partial charge on any atom is -0.324 e. The lowest BCUT2D eigenvalue weighted by Gasteiger charge is -2.11. The topological polar surface area (TPSA) is 29.1 Å². The molecule has 0 saturated heterocycles. The van der Waals surface area contributed by atoms with E-state index in [4.69, 9.17) is 23.2 Å². The Kier molecular flexibility index (Phi) is 5.73. The smallest absolute Gasteiger partial charge is 0.234 e. The second-order valence-electron chi connectivity index (χ2n) is 4.85. The zero-order chi connectivity index (χ0) is 16.3. The Hall–Kier alpha value is -1.23. The molecule has 2 nitrogen and oxygen atoms in total. The maximum Gasteiger partial charge on any atom is 0.234 e. The molecule has 1 N–H and O–H groups in total. The van der Waals surface area contributed by atoms with Crippen LogP contribution in [-0.2, 0) is 4.79 Å². The quantitative estimate of drug-likeness (QED) is 0.734. The van der Waals surface area contributed by atoms with Gasteiger partial charge < -0.3 is 5.32 Å². The van der Waals surface area contributed by atoms with Crippen LogP contribution in [0.15, 0.2) is 35.2 Å². The van der Waals surface area contributed by atoms with Crippen LogP contribution in [0.25, 0.3) is 0 Å². The molecule has 22 heavy (non-hydrogen) atoms. The van der Waals surface area contributed by atoms with Gasteiger partial charge in [-0.1, -0.05) is 29.3 Å². The summed E-state index contributed by atoms with van der Waals surface area (Å²) < 4.78 is 13.1. The predicted molar refractivity (Wildman–Crippen MR) is 91.7 cm³/mol. The van der Waals surface area contributed by atoms with Gasteiger partial charge in [-0.3, -0.25) is 4.79 Å². The number of benzene rings is 2. The molecule has 0 aromatic heterocycles. The maximum absolute atomic E-state index is 13.1.